The summed E-state index contributed by atoms with van der Waals surface area (Å²) < 4.78 is 0. The Morgan fingerprint density at radius 1 is 1.05 bits per heavy atom. The van der Waals surface area contributed by atoms with Crippen LogP contribution < -0.4 is 5.32 Å². The molecule has 1 amide bonds. The SMILES string of the molecule is O=C(Nc1cccc2c1CCCC2)c1n[nH]c2ccccc12. The van der Waals surface area contributed by atoms with Gasteiger partial charge in [-0.1, -0.05) is 30.3 Å². The van der Waals surface area contributed by atoms with Crippen molar-refractivity contribution in [3.05, 3.63) is 59.3 Å². The van der Waals surface area contributed by atoms with E-state index in [1.807, 2.05) is 36.4 Å². The molecule has 0 unspecified atom stereocenters. The first kappa shape index (κ1) is 13.1. The number of amides is 1. The van der Waals surface area contributed by atoms with Crippen molar-refractivity contribution < 1.29 is 4.79 Å². The molecule has 0 saturated carbocycles. The maximum absolute atomic E-state index is 12.6. The van der Waals surface area contributed by atoms with E-state index in [1.165, 1.54) is 24.0 Å². The fraction of sp³-hybridized carbons (Fsp3) is 0.222. The van der Waals surface area contributed by atoms with Crippen LogP contribution in [0.2, 0.25) is 0 Å². The van der Waals surface area contributed by atoms with Crippen molar-refractivity contribution in [3.8, 4) is 0 Å². The number of fused-ring (bicyclic) bond motifs is 2. The van der Waals surface area contributed by atoms with Crippen molar-refractivity contribution in [1.82, 2.24) is 10.2 Å². The van der Waals surface area contributed by atoms with Crippen LogP contribution in [0.3, 0.4) is 0 Å². The van der Waals surface area contributed by atoms with E-state index >= 15 is 0 Å². The van der Waals surface area contributed by atoms with Crippen molar-refractivity contribution in [2.45, 2.75) is 25.7 Å². The number of benzene rings is 2. The number of carbonyl (C=O) groups excluding carboxylic acids is 1. The number of nitrogens with zero attached hydrogens (tertiary/aromatic N) is 1. The van der Waals surface area contributed by atoms with E-state index in [2.05, 4.69) is 21.6 Å². The lowest BCUT2D eigenvalue weighted by Gasteiger charge is -2.19. The van der Waals surface area contributed by atoms with Crippen LogP contribution in [0.4, 0.5) is 5.69 Å². The van der Waals surface area contributed by atoms with Crippen molar-refractivity contribution in [3.63, 3.8) is 0 Å². The van der Waals surface area contributed by atoms with Gasteiger partial charge in [-0.15, -0.1) is 0 Å². The Labute approximate surface area is 128 Å². The third kappa shape index (κ3) is 2.17. The summed E-state index contributed by atoms with van der Waals surface area (Å²) in [6.07, 6.45) is 4.55. The van der Waals surface area contributed by atoms with Crippen molar-refractivity contribution >= 4 is 22.5 Å². The lowest BCUT2D eigenvalue weighted by Crippen LogP contribution is -2.16. The van der Waals surface area contributed by atoms with Gasteiger partial charge in [0.15, 0.2) is 5.69 Å². The number of nitrogens with one attached hydrogen (secondary N) is 2. The van der Waals surface area contributed by atoms with Gasteiger partial charge in [-0.25, -0.2) is 0 Å². The normalized spacial score (nSPS) is 13.8. The number of aromatic amines is 1. The summed E-state index contributed by atoms with van der Waals surface area (Å²) in [6, 6.07) is 13.8. The molecule has 1 aromatic heterocycles. The zero-order valence-corrected chi connectivity index (χ0v) is 12.2. The molecule has 1 aliphatic carbocycles. The number of hydrogen-bond donors (Lipinski definition) is 2. The summed E-state index contributed by atoms with van der Waals surface area (Å²) >= 11 is 0. The fourth-order valence-electron chi connectivity index (χ4n) is 3.22. The van der Waals surface area contributed by atoms with Gasteiger partial charge < -0.3 is 5.32 Å². The number of rotatable bonds is 2. The van der Waals surface area contributed by atoms with Crippen LogP contribution in [-0.4, -0.2) is 16.1 Å². The van der Waals surface area contributed by atoms with Gasteiger partial charge in [0.25, 0.3) is 5.91 Å². The third-order valence-electron chi connectivity index (χ3n) is 4.33. The zero-order valence-electron chi connectivity index (χ0n) is 12.2. The predicted octanol–water partition coefficient (Wildman–Crippen LogP) is 3.69. The topological polar surface area (TPSA) is 57.8 Å². The molecule has 1 aliphatic rings. The number of H-pyrrole nitrogens is 1. The van der Waals surface area contributed by atoms with Crippen LogP contribution in [-0.2, 0) is 12.8 Å². The zero-order chi connectivity index (χ0) is 14.9. The predicted molar refractivity (Wildman–Crippen MR) is 87.1 cm³/mol. The van der Waals surface area contributed by atoms with Gasteiger partial charge in [-0.2, -0.15) is 5.10 Å². The van der Waals surface area contributed by atoms with Crippen LogP contribution >= 0.6 is 0 Å². The molecular weight excluding hydrogens is 274 g/mol. The average molecular weight is 291 g/mol. The Kier molecular flexibility index (Phi) is 3.15. The van der Waals surface area contributed by atoms with E-state index in [0.29, 0.717) is 5.69 Å². The number of para-hydroxylation sites is 1. The lowest BCUT2D eigenvalue weighted by atomic mass is 9.90. The van der Waals surface area contributed by atoms with Crippen LogP contribution in [0.25, 0.3) is 10.9 Å². The summed E-state index contributed by atoms with van der Waals surface area (Å²) in [5.74, 6) is -0.156. The maximum atomic E-state index is 12.6. The summed E-state index contributed by atoms with van der Waals surface area (Å²) in [4.78, 5) is 12.6. The number of aromatic nitrogens is 2. The average Bonchev–Trinajstić information content (AvgIpc) is 2.99. The number of aryl methyl sites for hydroxylation is 1. The molecule has 4 heteroatoms. The highest BCUT2D eigenvalue weighted by Gasteiger charge is 2.18. The number of hydrogen-bond acceptors (Lipinski definition) is 2. The quantitative estimate of drug-likeness (QED) is 0.756. The molecule has 2 N–H and O–H groups in total. The van der Waals surface area contributed by atoms with Gasteiger partial charge in [0.2, 0.25) is 0 Å². The van der Waals surface area contributed by atoms with E-state index in [-0.39, 0.29) is 5.91 Å². The molecule has 0 fully saturated rings. The molecule has 0 saturated heterocycles. The van der Waals surface area contributed by atoms with E-state index in [9.17, 15) is 4.79 Å². The van der Waals surface area contributed by atoms with Gasteiger partial charge >= 0.3 is 0 Å². The molecule has 2 aromatic carbocycles. The monoisotopic (exact) mass is 291 g/mol. The molecule has 0 aliphatic heterocycles. The summed E-state index contributed by atoms with van der Waals surface area (Å²) in [7, 11) is 0. The van der Waals surface area contributed by atoms with Crippen LogP contribution in [0.15, 0.2) is 42.5 Å². The molecule has 1 heterocycles. The minimum Gasteiger partial charge on any atom is -0.320 e. The Bertz CT molecular complexity index is 850. The second-order valence-corrected chi connectivity index (χ2v) is 5.72. The summed E-state index contributed by atoms with van der Waals surface area (Å²) in [6.45, 7) is 0. The molecule has 110 valence electrons. The molecule has 0 bridgehead atoms. The fourth-order valence-corrected chi connectivity index (χ4v) is 3.22. The largest absolute Gasteiger partial charge is 0.320 e. The first-order chi connectivity index (χ1) is 10.8. The molecule has 0 spiro atoms. The van der Waals surface area contributed by atoms with Crippen molar-refractivity contribution in [1.29, 1.82) is 0 Å². The van der Waals surface area contributed by atoms with Crippen LogP contribution in [0.5, 0.6) is 0 Å². The van der Waals surface area contributed by atoms with E-state index in [0.717, 1.165) is 29.4 Å². The Morgan fingerprint density at radius 3 is 2.86 bits per heavy atom. The molecule has 0 atom stereocenters. The van der Waals surface area contributed by atoms with Crippen LogP contribution in [0, 0.1) is 0 Å². The van der Waals surface area contributed by atoms with E-state index in [1.54, 1.807) is 0 Å². The van der Waals surface area contributed by atoms with Crippen molar-refractivity contribution in [2.24, 2.45) is 0 Å². The second-order valence-electron chi connectivity index (χ2n) is 5.72. The van der Waals surface area contributed by atoms with E-state index in [4.69, 9.17) is 0 Å². The molecule has 0 radical (unpaired) electrons. The standard InChI is InChI=1S/C18H17N3O/c22-18(17-14-9-3-4-10-16(14)20-21-17)19-15-11-5-7-12-6-1-2-8-13(12)15/h3-5,7,9-11H,1-2,6,8H2,(H,19,22)(H,20,21). The number of carbonyl (C=O) groups is 1. The highest BCUT2D eigenvalue weighted by Crippen LogP contribution is 2.28. The van der Waals surface area contributed by atoms with Gasteiger partial charge in [-0.3, -0.25) is 9.89 Å². The number of anilines is 1. The molecular formula is C18H17N3O. The Morgan fingerprint density at radius 2 is 1.91 bits per heavy atom. The van der Waals surface area contributed by atoms with Gasteiger partial charge in [-0.05, 0) is 48.9 Å². The molecule has 4 nitrogen and oxygen atoms in total. The lowest BCUT2D eigenvalue weighted by molar-refractivity contribution is 0.102. The van der Waals surface area contributed by atoms with Gasteiger partial charge in [0, 0.05) is 11.1 Å². The Balaban J connectivity index is 1.68. The van der Waals surface area contributed by atoms with Crippen molar-refractivity contribution in [2.75, 3.05) is 5.32 Å². The minimum absolute atomic E-state index is 0.156. The Hall–Kier alpha value is -2.62. The van der Waals surface area contributed by atoms with Gasteiger partial charge in [0.05, 0.1) is 5.52 Å². The summed E-state index contributed by atoms with van der Waals surface area (Å²) in [5.41, 5.74) is 4.89. The first-order valence-corrected chi connectivity index (χ1v) is 7.68. The second kappa shape index (κ2) is 5.30. The maximum Gasteiger partial charge on any atom is 0.276 e. The van der Waals surface area contributed by atoms with Gasteiger partial charge in [0.1, 0.15) is 0 Å². The van der Waals surface area contributed by atoms with Crippen LogP contribution in [0.1, 0.15) is 34.5 Å². The minimum atomic E-state index is -0.156. The molecule has 22 heavy (non-hydrogen) atoms. The molecule has 3 aromatic rings. The highest BCUT2D eigenvalue weighted by molar-refractivity contribution is 6.11. The third-order valence-corrected chi connectivity index (χ3v) is 4.33. The highest BCUT2D eigenvalue weighted by atomic mass is 16.1. The smallest absolute Gasteiger partial charge is 0.276 e. The molecule has 4 rings (SSSR count). The first-order valence-electron chi connectivity index (χ1n) is 7.68. The van der Waals surface area contributed by atoms with E-state index < -0.39 is 0 Å². The summed E-state index contributed by atoms with van der Waals surface area (Å²) in [5, 5.41) is 11.0.